The molecule has 1 heterocycles. The van der Waals surface area contributed by atoms with Gasteiger partial charge in [-0.2, -0.15) is 0 Å². The maximum Gasteiger partial charge on any atom is 0.0705 e. The SMILES string of the molecule is BrCc1ccc(-c2ccc(Br)s2)c2ccccc12. The lowest BCUT2D eigenvalue weighted by Gasteiger charge is -2.08. The molecule has 0 spiro atoms. The van der Waals surface area contributed by atoms with Gasteiger partial charge in [-0.15, -0.1) is 11.3 Å². The molecule has 0 atom stereocenters. The zero-order chi connectivity index (χ0) is 12.5. The lowest BCUT2D eigenvalue weighted by Crippen LogP contribution is -1.84. The first-order valence-electron chi connectivity index (χ1n) is 5.62. The van der Waals surface area contributed by atoms with E-state index < -0.39 is 0 Å². The number of hydrogen-bond donors (Lipinski definition) is 0. The molecule has 0 fully saturated rings. The van der Waals surface area contributed by atoms with E-state index in [4.69, 9.17) is 0 Å². The van der Waals surface area contributed by atoms with Crippen molar-refractivity contribution in [3.8, 4) is 10.4 Å². The molecule has 0 amide bonds. The van der Waals surface area contributed by atoms with Gasteiger partial charge in [0.15, 0.2) is 0 Å². The molecule has 0 N–H and O–H groups in total. The Labute approximate surface area is 127 Å². The molecule has 0 aliphatic carbocycles. The summed E-state index contributed by atoms with van der Waals surface area (Å²) in [5.74, 6) is 0. The highest BCUT2D eigenvalue weighted by atomic mass is 79.9. The predicted molar refractivity (Wildman–Crippen MR) is 87.6 cm³/mol. The van der Waals surface area contributed by atoms with Crippen molar-refractivity contribution in [2.75, 3.05) is 0 Å². The molecule has 0 saturated carbocycles. The third-order valence-electron chi connectivity index (χ3n) is 3.00. The zero-order valence-corrected chi connectivity index (χ0v) is 13.5. The topological polar surface area (TPSA) is 0 Å². The molecule has 18 heavy (non-hydrogen) atoms. The van der Waals surface area contributed by atoms with E-state index in [1.54, 1.807) is 11.3 Å². The fourth-order valence-electron chi connectivity index (χ4n) is 2.15. The van der Waals surface area contributed by atoms with Gasteiger partial charge in [-0.1, -0.05) is 52.3 Å². The van der Waals surface area contributed by atoms with E-state index in [-0.39, 0.29) is 0 Å². The van der Waals surface area contributed by atoms with Crippen LogP contribution in [-0.2, 0) is 5.33 Å². The van der Waals surface area contributed by atoms with Crippen LogP contribution >= 0.6 is 43.2 Å². The summed E-state index contributed by atoms with van der Waals surface area (Å²) < 4.78 is 1.17. The minimum absolute atomic E-state index is 0.891. The van der Waals surface area contributed by atoms with Crippen LogP contribution in [0.4, 0.5) is 0 Å². The van der Waals surface area contributed by atoms with Gasteiger partial charge in [0.2, 0.25) is 0 Å². The van der Waals surface area contributed by atoms with E-state index in [0.29, 0.717) is 0 Å². The predicted octanol–water partition coefficient (Wildman–Crippen LogP) is 6.23. The van der Waals surface area contributed by atoms with Crippen LogP contribution in [0.5, 0.6) is 0 Å². The normalized spacial score (nSPS) is 11.0. The van der Waals surface area contributed by atoms with E-state index in [2.05, 4.69) is 80.4 Å². The Morgan fingerprint density at radius 1 is 0.889 bits per heavy atom. The van der Waals surface area contributed by atoms with Crippen molar-refractivity contribution in [3.63, 3.8) is 0 Å². The molecule has 90 valence electrons. The fourth-order valence-corrected chi connectivity index (χ4v) is 4.07. The van der Waals surface area contributed by atoms with E-state index in [9.17, 15) is 0 Å². The smallest absolute Gasteiger partial charge is 0.0705 e. The van der Waals surface area contributed by atoms with Gasteiger partial charge in [-0.05, 0) is 50.0 Å². The number of alkyl halides is 1. The third-order valence-corrected chi connectivity index (χ3v) is 5.26. The van der Waals surface area contributed by atoms with Crippen LogP contribution in [0.2, 0.25) is 0 Å². The summed E-state index contributed by atoms with van der Waals surface area (Å²) >= 11 is 8.87. The highest BCUT2D eigenvalue weighted by Gasteiger charge is 2.08. The molecule has 1 aromatic heterocycles. The monoisotopic (exact) mass is 380 g/mol. The maximum absolute atomic E-state index is 3.56. The van der Waals surface area contributed by atoms with Gasteiger partial charge in [0, 0.05) is 10.2 Å². The molecule has 0 bridgehead atoms. The molecule has 3 heteroatoms. The van der Waals surface area contributed by atoms with Crippen molar-refractivity contribution in [3.05, 3.63) is 57.9 Å². The van der Waals surface area contributed by atoms with Crippen molar-refractivity contribution in [2.24, 2.45) is 0 Å². The zero-order valence-electron chi connectivity index (χ0n) is 9.49. The van der Waals surface area contributed by atoms with Gasteiger partial charge in [0.25, 0.3) is 0 Å². The molecule has 0 aliphatic rings. The summed E-state index contributed by atoms with van der Waals surface area (Å²) in [7, 11) is 0. The quantitative estimate of drug-likeness (QED) is 0.462. The number of halogens is 2. The molecule has 2 aromatic carbocycles. The molecule has 0 aliphatic heterocycles. The Bertz CT molecular complexity index is 701. The number of benzene rings is 2. The number of hydrogen-bond acceptors (Lipinski definition) is 1. The summed E-state index contributed by atoms with van der Waals surface area (Å²) in [6.07, 6.45) is 0. The summed E-state index contributed by atoms with van der Waals surface area (Å²) in [6.45, 7) is 0. The van der Waals surface area contributed by atoms with Crippen molar-refractivity contribution in [2.45, 2.75) is 5.33 Å². The van der Waals surface area contributed by atoms with Crippen LogP contribution in [0.3, 0.4) is 0 Å². The van der Waals surface area contributed by atoms with Gasteiger partial charge in [-0.25, -0.2) is 0 Å². The van der Waals surface area contributed by atoms with Gasteiger partial charge in [0.1, 0.15) is 0 Å². The average molecular weight is 382 g/mol. The second-order valence-corrected chi connectivity index (χ2v) is 7.08. The van der Waals surface area contributed by atoms with Crippen LogP contribution in [-0.4, -0.2) is 0 Å². The minimum atomic E-state index is 0.891. The van der Waals surface area contributed by atoms with E-state index in [1.165, 1.54) is 30.6 Å². The molecule has 0 nitrogen and oxygen atoms in total. The summed E-state index contributed by atoms with van der Waals surface area (Å²) in [5.41, 5.74) is 2.65. The lowest BCUT2D eigenvalue weighted by atomic mass is 9.99. The first-order valence-corrected chi connectivity index (χ1v) is 8.35. The Morgan fingerprint density at radius 2 is 1.67 bits per heavy atom. The van der Waals surface area contributed by atoms with Crippen molar-refractivity contribution >= 4 is 54.0 Å². The Morgan fingerprint density at radius 3 is 2.33 bits per heavy atom. The molecule has 3 aromatic rings. The highest BCUT2D eigenvalue weighted by molar-refractivity contribution is 9.11. The molecule has 3 rings (SSSR count). The lowest BCUT2D eigenvalue weighted by molar-refractivity contribution is 1.49. The van der Waals surface area contributed by atoms with Gasteiger partial charge >= 0.3 is 0 Å². The van der Waals surface area contributed by atoms with E-state index in [1.807, 2.05) is 0 Å². The van der Waals surface area contributed by atoms with Gasteiger partial charge < -0.3 is 0 Å². The molecular formula is C15H10Br2S. The largest absolute Gasteiger partial charge is 0.128 e. The first-order chi connectivity index (χ1) is 8.79. The second-order valence-electron chi connectivity index (χ2n) is 4.06. The van der Waals surface area contributed by atoms with Crippen LogP contribution < -0.4 is 0 Å². The molecule has 0 radical (unpaired) electrons. The average Bonchev–Trinajstić information content (AvgIpc) is 2.84. The molecular weight excluding hydrogens is 372 g/mol. The molecule has 0 saturated heterocycles. The van der Waals surface area contributed by atoms with Crippen molar-refractivity contribution < 1.29 is 0 Å². The Balaban J connectivity index is 2.31. The highest BCUT2D eigenvalue weighted by Crippen LogP contribution is 2.36. The Hall–Kier alpha value is -0.640. The number of rotatable bonds is 2. The minimum Gasteiger partial charge on any atom is -0.128 e. The maximum atomic E-state index is 3.56. The summed E-state index contributed by atoms with van der Waals surface area (Å²) in [6, 6.07) is 17.3. The van der Waals surface area contributed by atoms with E-state index >= 15 is 0 Å². The van der Waals surface area contributed by atoms with Gasteiger partial charge in [-0.3, -0.25) is 0 Å². The van der Waals surface area contributed by atoms with Gasteiger partial charge in [0.05, 0.1) is 3.79 Å². The molecule has 0 unspecified atom stereocenters. The second kappa shape index (κ2) is 5.16. The van der Waals surface area contributed by atoms with Crippen LogP contribution in [0.15, 0.2) is 52.3 Å². The van der Waals surface area contributed by atoms with E-state index in [0.717, 1.165) is 5.33 Å². The fraction of sp³-hybridized carbons (Fsp3) is 0.0667. The van der Waals surface area contributed by atoms with Crippen molar-refractivity contribution in [1.29, 1.82) is 0 Å². The third kappa shape index (κ3) is 2.15. The first kappa shape index (κ1) is 12.4. The van der Waals surface area contributed by atoms with Crippen molar-refractivity contribution in [1.82, 2.24) is 0 Å². The summed E-state index contributed by atoms with van der Waals surface area (Å²) in [5, 5.41) is 3.54. The number of thiophene rings is 1. The van der Waals surface area contributed by atoms with Crippen LogP contribution in [0.1, 0.15) is 5.56 Å². The Kier molecular flexibility index (Phi) is 3.55. The number of fused-ring (bicyclic) bond motifs is 1. The summed E-state index contributed by atoms with van der Waals surface area (Å²) in [4.78, 5) is 1.30. The van der Waals surface area contributed by atoms with Crippen LogP contribution in [0, 0.1) is 0 Å². The standard InChI is InChI=1S/C15H10Br2S/c16-9-10-5-6-13(14-7-8-15(17)18-14)12-4-2-1-3-11(10)12/h1-8H,9H2. The van der Waals surface area contributed by atoms with Crippen LogP contribution in [0.25, 0.3) is 21.2 Å².